The Morgan fingerprint density at radius 2 is 2.31 bits per heavy atom. The minimum absolute atomic E-state index is 0.0417. The van der Waals surface area contributed by atoms with Crippen LogP contribution in [0.1, 0.15) is 37.6 Å². The SMILES string of the molecule is CC(O)CC(C)(C)CNC(=O)c1ccsc1. The van der Waals surface area contributed by atoms with Crippen LogP contribution in [0.25, 0.3) is 0 Å². The van der Waals surface area contributed by atoms with Crippen molar-refractivity contribution >= 4 is 17.2 Å². The molecule has 4 heteroatoms. The van der Waals surface area contributed by atoms with E-state index in [0.717, 1.165) is 0 Å². The van der Waals surface area contributed by atoms with E-state index in [0.29, 0.717) is 18.5 Å². The topological polar surface area (TPSA) is 49.3 Å². The van der Waals surface area contributed by atoms with Gasteiger partial charge >= 0.3 is 0 Å². The van der Waals surface area contributed by atoms with E-state index in [9.17, 15) is 9.90 Å². The summed E-state index contributed by atoms with van der Waals surface area (Å²) in [6, 6.07) is 1.81. The molecule has 0 aliphatic carbocycles. The van der Waals surface area contributed by atoms with Crippen molar-refractivity contribution < 1.29 is 9.90 Å². The lowest BCUT2D eigenvalue weighted by atomic mass is 9.87. The Bertz CT molecular complexity index is 331. The maximum atomic E-state index is 11.7. The largest absolute Gasteiger partial charge is 0.393 e. The van der Waals surface area contributed by atoms with Gasteiger partial charge in [0, 0.05) is 17.5 Å². The van der Waals surface area contributed by atoms with Crippen LogP contribution in [0.3, 0.4) is 0 Å². The molecule has 0 aliphatic rings. The molecule has 1 amide bonds. The summed E-state index contributed by atoms with van der Waals surface area (Å²) >= 11 is 1.51. The van der Waals surface area contributed by atoms with E-state index < -0.39 is 0 Å². The number of carbonyl (C=O) groups is 1. The number of aliphatic hydroxyl groups is 1. The summed E-state index contributed by atoms with van der Waals surface area (Å²) in [6.07, 6.45) is 0.338. The molecule has 0 aliphatic heterocycles. The molecular formula is C12H19NO2S. The molecule has 0 radical (unpaired) electrons. The van der Waals surface area contributed by atoms with Crippen LogP contribution < -0.4 is 5.32 Å². The van der Waals surface area contributed by atoms with Gasteiger partial charge in [-0.05, 0) is 30.2 Å². The zero-order chi connectivity index (χ0) is 12.2. The first-order valence-electron chi connectivity index (χ1n) is 5.39. The standard InChI is InChI=1S/C12H19NO2S/c1-9(14)6-12(2,3)8-13-11(15)10-4-5-16-7-10/h4-5,7,9,14H,6,8H2,1-3H3,(H,13,15). The molecule has 0 saturated heterocycles. The fourth-order valence-electron chi connectivity index (χ4n) is 1.69. The van der Waals surface area contributed by atoms with E-state index in [-0.39, 0.29) is 17.4 Å². The van der Waals surface area contributed by atoms with Crippen molar-refractivity contribution in [2.45, 2.75) is 33.3 Å². The summed E-state index contributed by atoms with van der Waals surface area (Å²) in [6.45, 7) is 6.41. The lowest BCUT2D eigenvalue weighted by Gasteiger charge is -2.26. The molecular weight excluding hydrogens is 222 g/mol. The quantitative estimate of drug-likeness (QED) is 0.831. The van der Waals surface area contributed by atoms with Gasteiger partial charge in [0.05, 0.1) is 6.10 Å². The maximum absolute atomic E-state index is 11.7. The maximum Gasteiger partial charge on any atom is 0.252 e. The second-order valence-corrected chi connectivity index (χ2v) is 5.69. The van der Waals surface area contributed by atoms with Gasteiger partial charge in [0.2, 0.25) is 0 Å². The van der Waals surface area contributed by atoms with Crippen LogP contribution in [0.5, 0.6) is 0 Å². The van der Waals surface area contributed by atoms with Gasteiger partial charge in [0.25, 0.3) is 5.91 Å². The van der Waals surface area contributed by atoms with E-state index in [1.165, 1.54) is 11.3 Å². The van der Waals surface area contributed by atoms with Gasteiger partial charge in [0.15, 0.2) is 0 Å². The normalized spacial score (nSPS) is 13.5. The van der Waals surface area contributed by atoms with Gasteiger partial charge in [-0.2, -0.15) is 11.3 Å². The summed E-state index contributed by atoms with van der Waals surface area (Å²) < 4.78 is 0. The van der Waals surface area contributed by atoms with E-state index in [1.807, 2.05) is 30.7 Å². The van der Waals surface area contributed by atoms with E-state index >= 15 is 0 Å². The highest BCUT2D eigenvalue weighted by atomic mass is 32.1. The van der Waals surface area contributed by atoms with Crippen molar-refractivity contribution in [3.05, 3.63) is 22.4 Å². The number of thiophene rings is 1. The molecule has 2 N–H and O–H groups in total. The third-order valence-electron chi connectivity index (χ3n) is 2.36. The molecule has 0 saturated carbocycles. The van der Waals surface area contributed by atoms with E-state index in [4.69, 9.17) is 0 Å². The molecule has 1 atom stereocenters. The first kappa shape index (κ1) is 13.2. The number of aliphatic hydroxyl groups excluding tert-OH is 1. The molecule has 3 nitrogen and oxygen atoms in total. The summed E-state index contributed by atoms with van der Waals surface area (Å²) in [5.74, 6) is -0.0417. The highest BCUT2D eigenvalue weighted by molar-refractivity contribution is 7.08. The first-order chi connectivity index (χ1) is 7.41. The summed E-state index contributed by atoms with van der Waals surface area (Å²) in [5.41, 5.74) is 0.623. The molecule has 1 heterocycles. The molecule has 0 fully saturated rings. The third kappa shape index (κ3) is 4.33. The zero-order valence-corrected chi connectivity index (χ0v) is 10.8. The van der Waals surface area contributed by atoms with Crippen LogP contribution in [0.4, 0.5) is 0 Å². The lowest BCUT2D eigenvalue weighted by Crippen LogP contribution is -2.35. The van der Waals surface area contributed by atoms with Crippen molar-refractivity contribution in [1.29, 1.82) is 0 Å². The number of hydrogen-bond donors (Lipinski definition) is 2. The number of rotatable bonds is 5. The van der Waals surface area contributed by atoms with Crippen LogP contribution >= 0.6 is 11.3 Å². The average Bonchev–Trinajstić information content (AvgIpc) is 2.64. The molecule has 1 aromatic heterocycles. The van der Waals surface area contributed by atoms with E-state index in [1.54, 1.807) is 6.92 Å². The number of nitrogens with one attached hydrogen (secondary N) is 1. The van der Waals surface area contributed by atoms with Gasteiger partial charge in [-0.15, -0.1) is 0 Å². The fraction of sp³-hybridized carbons (Fsp3) is 0.583. The predicted octanol–water partition coefficient (Wildman–Crippen LogP) is 2.28. The van der Waals surface area contributed by atoms with Gasteiger partial charge in [-0.25, -0.2) is 0 Å². The van der Waals surface area contributed by atoms with Crippen LogP contribution in [0.2, 0.25) is 0 Å². The van der Waals surface area contributed by atoms with Gasteiger partial charge in [-0.1, -0.05) is 13.8 Å². The second-order valence-electron chi connectivity index (χ2n) is 4.91. The lowest BCUT2D eigenvalue weighted by molar-refractivity contribution is 0.0902. The minimum Gasteiger partial charge on any atom is -0.393 e. The third-order valence-corrected chi connectivity index (χ3v) is 3.04. The Balaban J connectivity index is 2.42. The molecule has 1 unspecified atom stereocenters. The van der Waals surface area contributed by atoms with Crippen molar-refractivity contribution in [1.82, 2.24) is 5.32 Å². The van der Waals surface area contributed by atoms with Crippen LogP contribution in [-0.2, 0) is 0 Å². The Hall–Kier alpha value is -0.870. The number of hydrogen-bond acceptors (Lipinski definition) is 3. The number of carbonyl (C=O) groups excluding carboxylic acids is 1. The molecule has 0 spiro atoms. The Kier molecular flexibility index (Phi) is 4.50. The summed E-state index contributed by atoms with van der Waals surface area (Å²) in [7, 11) is 0. The highest BCUT2D eigenvalue weighted by Gasteiger charge is 2.21. The Labute approximate surface area is 100 Å². The second kappa shape index (κ2) is 5.46. The highest BCUT2D eigenvalue weighted by Crippen LogP contribution is 2.21. The van der Waals surface area contributed by atoms with Crippen molar-refractivity contribution in [2.24, 2.45) is 5.41 Å². The molecule has 1 rings (SSSR count). The Morgan fingerprint density at radius 3 is 2.81 bits per heavy atom. The molecule has 0 bridgehead atoms. The molecule has 1 aromatic rings. The van der Waals surface area contributed by atoms with Crippen molar-refractivity contribution in [2.75, 3.05) is 6.54 Å². The molecule has 16 heavy (non-hydrogen) atoms. The van der Waals surface area contributed by atoms with Crippen molar-refractivity contribution in [3.63, 3.8) is 0 Å². The number of amides is 1. The average molecular weight is 241 g/mol. The smallest absolute Gasteiger partial charge is 0.252 e. The summed E-state index contributed by atoms with van der Waals surface area (Å²) in [5, 5.41) is 15.9. The first-order valence-corrected chi connectivity index (χ1v) is 6.33. The zero-order valence-electron chi connectivity index (χ0n) is 9.99. The van der Waals surface area contributed by atoms with Gasteiger partial charge < -0.3 is 10.4 Å². The monoisotopic (exact) mass is 241 g/mol. The fourth-order valence-corrected chi connectivity index (χ4v) is 2.32. The minimum atomic E-state index is -0.340. The molecule has 0 aromatic carbocycles. The summed E-state index contributed by atoms with van der Waals surface area (Å²) in [4.78, 5) is 11.7. The van der Waals surface area contributed by atoms with Gasteiger partial charge in [0.1, 0.15) is 0 Å². The van der Waals surface area contributed by atoms with Crippen molar-refractivity contribution in [3.8, 4) is 0 Å². The molecule has 90 valence electrons. The predicted molar refractivity (Wildman–Crippen MR) is 66.7 cm³/mol. The van der Waals surface area contributed by atoms with Crippen LogP contribution in [0.15, 0.2) is 16.8 Å². The van der Waals surface area contributed by atoms with Crippen LogP contribution in [-0.4, -0.2) is 23.7 Å². The van der Waals surface area contributed by atoms with E-state index in [2.05, 4.69) is 5.32 Å². The Morgan fingerprint density at radius 1 is 1.62 bits per heavy atom. The van der Waals surface area contributed by atoms with Crippen LogP contribution in [0, 0.1) is 5.41 Å². The van der Waals surface area contributed by atoms with Gasteiger partial charge in [-0.3, -0.25) is 4.79 Å².